The highest BCUT2D eigenvalue weighted by atomic mass is 16.5. The van der Waals surface area contributed by atoms with Crippen molar-refractivity contribution in [1.82, 2.24) is 5.32 Å². The molecule has 1 atom stereocenters. The number of hydrogen-bond acceptors (Lipinski definition) is 2. The SMILES string of the molecule is CCC(CNC)Cc1ccc(OC)c(C(C)(C)C)c1. The van der Waals surface area contributed by atoms with Gasteiger partial charge in [0.15, 0.2) is 0 Å². The van der Waals surface area contributed by atoms with Crippen molar-refractivity contribution in [2.75, 3.05) is 20.7 Å². The van der Waals surface area contributed by atoms with E-state index < -0.39 is 0 Å². The van der Waals surface area contributed by atoms with E-state index in [2.05, 4.69) is 51.2 Å². The highest BCUT2D eigenvalue weighted by molar-refractivity contribution is 5.41. The average Bonchev–Trinajstić information content (AvgIpc) is 2.37. The monoisotopic (exact) mass is 263 g/mol. The van der Waals surface area contributed by atoms with Crippen molar-refractivity contribution in [1.29, 1.82) is 0 Å². The standard InChI is InChI=1S/C17H29NO/c1-7-13(12-18-5)10-14-8-9-16(19-6)15(11-14)17(2,3)4/h8-9,11,13,18H,7,10,12H2,1-6H3. The van der Waals surface area contributed by atoms with E-state index in [9.17, 15) is 0 Å². The van der Waals surface area contributed by atoms with Crippen LogP contribution in [0, 0.1) is 5.92 Å². The van der Waals surface area contributed by atoms with Gasteiger partial charge in [0.1, 0.15) is 5.75 Å². The van der Waals surface area contributed by atoms with E-state index >= 15 is 0 Å². The first kappa shape index (κ1) is 16.0. The molecule has 108 valence electrons. The van der Waals surface area contributed by atoms with Gasteiger partial charge in [-0.3, -0.25) is 0 Å². The minimum Gasteiger partial charge on any atom is -0.496 e. The van der Waals surface area contributed by atoms with Crippen molar-refractivity contribution in [3.8, 4) is 5.75 Å². The fraction of sp³-hybridized carbons (Fsp3) is 0.647. The molecule has 0 spiro atoms. The number of ether oxygens (including phenoxy) is 1. The topological polar surface area (TPSA) is 21.3 Å². The largest absolute Gasteiger partial charge is 0.496 e. The second-order valence-corrected chi connectivity index (χ2v) is 6.32. The van der Waals surface area contributed by atoms with Gasteiger partial charge in [-0.1, -0.05) is 46.2 Å². The third-order valence-electron chi connectivity index (χ3n) is 3.67. The van der Waals surface area contributed by atoms with Gasteiger partial charge in [0.25, 0.3) is 0 Å². The molecule has 2 heteroatoms. The summed E-state index contributed by atoms with van der Waals surface area (Å²) in [6.45, 7) is 10.0. The molecule has 0 radical (unpaired) electrons. The van der Waals surface area contributed by atoms with E-state index in [0.29, 0.717) is 5.92 Å². The summed E-state index contributed by atoms with van der Waals surface area (Å²) < 4.78 is 5.49. The molecule has 0 aromatic heterocycles. The van der Waals surface area contributed by atoms with Gasteiger partial charge in [0, 0.05) is 0 Å². The Morgan fingerprint density at radius 2 is 1.95 bits per heavy atom. The van der Waals surface area contributed by atoms with E-state index in [1.165, 1.54) is 17.5 Å². The summed E-state index contributed by atoms with van der Waals surface area (Å²) in [6, 6.07) is 6.63. The first-order chi connectivity index (χ1) is 8.92. The quantitative estimate of drug-likeness (QED) is 0.843. The molecule has 0 saturated carbocycles. The predicted octanol–water partition coefficient (Wildman–Crippen LogP) is 3.78. The van der Waals surface area contributed by atoms with Crippen molar-refractivity contribution in [3.63, 3.8) is 0 Å². The fourth-order valence-corrected chi connectivity index (χ4v) is 2.45. The maximum absolute atomic E-state index is 5.49. The van der Waals surface area contributed by atoms with E-state index in [0.717, 1.165) is 18.7 Å². The molecule has 0 saturated heterocycles. The molecular formula is C17H29NO. The van der Waals surface area contributed by atoms with Crippen LogP contribution in [0.1, 0.15) is 45.2 Å². The number of nitrogens with one attached hydrogen (secondary N) is 1. The second kappa shape index (κ2) is 6.95. The Morgan fingerprint density at radius 1 is 1.26 bits per heavy atom. The van der Waals surface area contributed by atoms with Crippen LogP contribution in [-0.4, -0.2) is 20.7 Å². The zero-order chi connectivity index (χ0) is 14.5. The van der Waals surface area contributed by atoms with Crippen LogP contribution < -0.4 is 10.1 Å². The van der Waals surface area contributed by atoms with E-state index in [1.54, 1.807) is 7.11 Å². The van der Waals surface area contributed by atoms with Crippen molar-refractivity contribution in [2.45, 2.75) is 46.0 Å². The van der Waals surface area contributed by atoms with Crippen LogP contribution in [-0.2, 0) is 11.8 Å². The molecule has 1 rings (SSSR count). The van der Waals surface area contributed by atoms with E-state index in [-0.39, 0.29) is 5.41 Å². The van der Waals surface area contributed by atoms with Crippen LogP contribution in [0.3, 0.4) is 0 Å². The molecule has 0 aliphatic heterocycles. The van der Waals surface area contributed by atoms with Gasteiger partial charge in [0.05, 0.1) is 7.11 Å². The summed E-state index contributed by atoms with van der Waals surface area (Å²) in [5.41, 5.74) is 2.83. The summed E-state index contributed by atoms with van der Waals surface area (Å²) in [7, 11) is 3.78. The van der Waals surface area contributed by atoms with Crippen molar-refractivity contribution >= 4 is 0 Å². The van der Waals surface area contributed by atoms with Crippen molar-refractivity contribution in [3.05, 3.63) is 29.3 Å². The minimum absolute atomic E-state index is 0.117. The van der Waals surface area contributed by atoms with Crippen LogP contribution in [0.2, 0.25) is 0 Å². The molecular weight excluding hydrogens is 234 g/mol. The summed E-state index contributed by atoms with van der Waals surface area (Å²) in [6.07, 6.45) is 2.34. The summed E-state index contributed by atoms with van der Waals surface area (Å²) in [5, 5.41) is 3.28. The van der Waals surface area contributed by atoms with Crippen LogP contribution in [0.25, 0.3) is 0 Å². The summed E-state index contributed by atoms with van der Waals surface area (Å²) in [5.74, 6) is 1.70. The Kier molecular flexibility index (Phi) is 5.86. The smallest absolute Gasteiger partial charge is 0.122 e. The van der Waals surface area contributed by atoms with E-state index in [4.69, 9.17) is 4.74 Å². The molecule has 1 aromatic rings. The molecule has 1 N–H and O–H groups in total. The Morgan fingerprint density at radius 3 is 2.42 bits per heavy atom. The molecule has 0 amide bonds. The summed E-state index contributed by atoms with van der Waals surface area (Å²) in [4.78, 5) is 0. The maximum atomic E-state index is 5.49. The Bertz CT molecular complexity index is 393. The third kappa shape index (κ3) is 4.54. The van der Waals surface area contributed by atoms with Gasteiger partial charge in [0.2, 0.25) is 0 Å². The van der Waals surface area contributed by atoms with Gasteiger partial charge < -0.3 is 10.1 Å². The zero-order valence-electron chi connectivity index (χ0n) is 13.3. The Hall–Kier alpha value is -1.02. The lowest BCUT2D eigenvalue weighted by Crippen LogP contribution is -2.20. The second-order valence-electron chi connectivity index (χ2n) is 6.32. The average molecular weight is 263 g/mol. The van der Waals surface area contributed by atoms with Crippen LogP contribution >= 0.6 is 0 Å². The lowest BCUT2D eigenvalue weighted by Gasteiger charge is -2.24. The molecule has 19 heavy (non-hydrogen) atoms. The molecule has 0 heterocycles. The normalized spacial score (nSPS) is 13.4. The molecule has 0 fully saturated rings. The number of benzene rings is 1. The first-order valence-corrected chi connectivity index (χ1v) is 7.24. The first-order valence-electron chi connectivity index (χ1n) is 7.24. The Labute approximate surface area is 118 Å². The highest BCUT2D eigenvalue weighted by Gasteiger charge is 2.19. The molecule has 1 aromatic carbocycles. The highest BCUT2D eigenvalue weighted by Crippen LogP contribution is 2.32. The van der Waals surface area contributed by atoms with Gasteiger partial charge in [-0.25, -0.2) is 0 Å². The fourth-order valence-electron chi connectivity index (χ4n) is 2.45. The summed E-state index contributed by atoms with van der Waals surface area (Å²) >= 11 is 0. The van der Waals surface area contributed by atoms with Gasteiger partial charge in [-0.2, -0.15) is 0 Å². The molecule has 0 aliphatic rings. The van der Waals surface area contributed by atoms with Crippen molar-refractivity contribution in [2.24, 2.45) is 5.92 Å². The number of hydrogen-bond donors (Lipinski definition) is 1. The number of methoxy groups -OCH3 is 1. The zero-order valence-corrected chi connectivity index (χ0v) is 13.3. The lowest BCUT2D eigenvalue weighted by atomic mass is 9.84. The number of rotatable bonds is 6. The van der Waals surface area contributed by atoms with Gasteiger partial charge in [-0.15, -0.1) is 0 Å². The predicted molar refractivity (Wildman–Crippen MR) is 83.1 cm³/mol. The molecule has 2 nitrogen and oxygen atoms in total. The van der Waals surface area contributed by atoms with Crippen LogP contribution in [0.15, 0.2) is 18.2 Å². The van der Waals surface area contributed by atoms with Crippen LogP contribution in [0.4, 0.5) is 0 Å². The van der Waals surface area contributed by atoms with Gasteiger partial charge in [-0.05, 0) is 48.5 Å². The van der Waals surface area contributed by atoms with Crippen molar-refractivity contribution < 1.29 is 4.74 Å². The lowest BCUT2D eigenvalue weighted by molar-refractivity contribution is 0.396. The van der Waals surface area contributed by atoms with E-state index in [1.807, 2.05) is 7.05 Å². The van der Waals surface area contributed by atoms with Gasteiger partial charge >= 0.3 is 0 Å². The van der Waals surface area contributed by atoms with Crippen LogP contribution in [0.5, 0.6) is 5.75 Å². The Balaban J connectivity index is 2.98. The molecule has 1 unspecified atom stereocenters. The minimum atomic E-state index is 0.117. The molecule has 0 bridgehead atoms. The maximum Gasteiger partial charge on any atom is 0.122 e. The molecule has 0 aliphatic carbocycles. The third-order valence-corrected chi connectivity index (χ3v) is 3.67.